The van der Waals surface area contributed by atoms with Crippen LogP contribution in [0.2, 0.25) is 0 Å². The third-order valence-electron chi connectivity index (χ3n) is 17.9. The maximum Gasteiger partial charge on any atom is 0.143 e. The Morgan fingerprint density at radius 3 is 1.80 bits per heavy atom. The number of rotatable bonds is 6. The molecule has 0 radical (unpaired) electrons. The average Bonchev–Trinajstić information content (AvgIpc) is 4.18. The van der Waals surface area contributed by atoms with Gasteiger partial charge in [-0.15, -0.1) is 0 Å². The van der Waals surface area contributed by atoms with E-state index in [2.05, 4.69) is 243 Å². The zero-order valence-corrected chi connectivity index (χ0v) is 43.1. The van der Waals surface area contributed by atoms with Crippen LogP contribution in [0.25, 0.3) is 99.5 Å². The van der Waals surface area contributed by atoms with E-state index < -0.39 is 0 Å². The molecule has 15 rings (SSSR count). The zero-order chi connectivity index (χ0) is 50.0. The summed E-state index contributed by atoms with van der Waals surface area (Å²) in [5.74, 6) is 0.0806. The molecular weight excluding hydrogens is 897 g/mol. The first kappa shape index (κ1) is 43.4. The van der Waals surface area contributed by atoms with Gasteiger partial charge in [0, 0.05) is 49.3 Å². The first-order valence-corrected chi connectivity index (χ1v) is 26.5. The lowest BCUT2D eigenvalue weighted by atomic mass is 9.77. The van der Waals surface area contributed by atoms with E-state index in [1.807, 2.05) is 0 Å². The third kappa shape index (κ3) is 5.94. The van der Waals surface area contributed by atoms with Gasteiger partial charge in [0.1, 0.15) is 22.3 Å². The minimum Gasteiger partial charge on any atom is -0.456 e. The molecule has 0 spiro atoms. The van der Waals surface area contributed by atoms with E-state index in [4.69, 9.17) is 8.83 Å². The summed E-state index contributed by atoms with van der Waals surface area (Å²) in [6, 6.07) is 73.0. The minimum absolute atomic E-state index is 0.0806. The van der Waals surface area contributed by atoms with Gasteiger partial charge in [0.15, 0.2) is 0 Å². The van der Waals surface area contributed by atoms with Gasteiger partial charge in [-0.05, 0) is 150 Å². The summed E-state index contributed by atoms with van der Waals surface area (Å²) in [6.45, 7) is 16.7. The van der Waals surface area contributed by atoms with E-state index in [1.54, 1.807) is 0 Å². The van der Waals surface area contributed by atoms with Crippen molar-refractivity contribution >= 4 is 43.9 Å². The Hall–Kier alpha value is -8.20. The third-order valence-corrected chi connectivity index (χ3v) is 17.9. The van der Waals surface area contributed by atoms with Crippen molar-refractivity contribution < 1.29 is 8.83 Å². The van der Waals surface area contributed by atoms with Crippen LogP contribution in [0.5, 0.6) is 0 Å². The molecule has 2 heterocycles. The van der Waals surface area contributed by atoms with Crippen LogP contribution in [0.15, 0.2) is 203 Å². The number of furan rings is 2. The maximum absolute atomic E-state index is 6.84. The number of para-hydroxylation sites is 2. The van der Waals surface area contributed by atoms with Crippen LogP contribution >= 0.6 is 0 Å². The Labute approximate surface area is 433 Å². The van der Waals surface area contributed by atoms with Crippen molar-refractivity contribution in [1.82, 2.24) is 0 Å². The first-order valence-electron chi connectivity index (χ1n) is 26.5. The largest absolute Gasteiger partial charge is 0.456 e. The Kier molecular flexibility index (Phi) is 8.90. The smallest absolute Gasteiger partial charge is 0.143 e. The molecule has 0 aliphatic heterocycles. The van der Waals surface area contributed by atoms with Gasteiger partial charge >= 0.3 is 0 Å². The Bertz CT molecular complexity index is 4380. The highest BCUT2D eigenvalue weighted by Gasteiger charge is 2.44. The van der Waals surface area contributed by atoms with Crippen molar-refractivity contribution in [2.75, 3.05) is 0 Å². The van der Waals surface area contributed by atoms with Crippen molar-refractivity contribution in [2.45, 2.75) is 77.0 Å². The predicted octanol–water partition coefficient (Wildman–Crippen LogP) is 19.4. The van der Waals surface area contributed by atoms with Gasteiger partial charge < -0.3 is 8.83 Å². The molecule has 0 saturated heterocycles. The lowest BCUT2D eigenvalue weighted by Gasteiger charge is -2.27. The Balaban J connectivity index is 0.878. The SMILES string of the molecule is Cc1cccc(-c2cc3c(c4c2oc2ccccc24)-c2ccc(CC(c4ccc5c(c4)C(C)(C)c4cc6c(cc4-5)C(C)(C)c4ccc5oc7ccccc7c5c4-6)c4ccccc4-c4ccccc4)cc2C3(C)C)c1. The first-order chi connectivity index (χ1) is 35.9. The van der Waals surface area contributed by atoms with Gasteiger partial charge in [0.2, 0.25) is 0 Å². The Morgan fingerprint density at radius 2 is 0.986 bits per heavy atom. The maximum atomic E-state index is 6.84. The summed E-state index contributed by atoms with van der Waals surface area (Å²) in [5, 5.41) is 4.80. The molecule has 74 heavy (non-hydrogen) atoms. The molecule has 0 N–H and O–H groups in total. The number of hydrogen-bond donors (Lipinski definition) is 0. The van der Waals surface area contributed by atoms with Crippen molar-refractivity contribution in [3.8, 4) is 55.6 Å². The molecular formula is C72H56O2. The van der Waals surface area contributed by atoms with Crippen LogP contribution < -0.4 is 0 Å². The van der Waals surface area contributed by atoms with Gasteiger partial charge in [-0.2, -0.15) is 0 Å². The van der Waals surface area contributed by atoms with Gasteiger partial charge in [-0.25, -0.2) is 0 Å². The molecule has 2 heteroatoms. The van der Waals surface area contributed by atoms with Crippen molar-refractivity contribution in [3.05, 3.63) is 250 Å². The quantitative estimate of drug-likeness (QED) is 0.166. The van der Waals surface area contributed by atoms with E-state index in [0.29, 0.717) is 0 Å². The second kappa shape index (κ2) is 15.2. The van der Waals surface area contributed by atoms with Crippen molar-refractivity contribution in [1.29, 1.82) is 0 Å². The molecule has 12 aromatic rings. The van der Waals surface area contributed by atoms with Crippen LogP contribution in [-0.2, 0) is 22.7 Å². The molecule has 1 atom stereocenters. The number of fused-ring (bicyclic) bond motifs is 17. The fraction of sp³-hybridized carbons (Fsp3) is 0.167. The summed E-state index contributed by atoms with van der Waals surface area (Å²) in [5.41, 5.74) is 29.5. The molecule has 0 bridgehead atoms. The van der Waals surface area contributed by atoms with Gasteiger partial charge in [-0.3, -0.25) is 0 Å². The van der Waals surface area contributed by atoms with Crippen LogP contribution in [0.3, 0.4) is 0 Å². The van der Waals surface area contributed by atoms with Crippen LogP contribution in [0, 0.1) is 6.92 Å². The topological polar surface area (TPSA) is 26.3 Å². The van der Waals surface area contributed by atoms with Gasteiger partial charge in [0.05, 0.1) is 0 Å². The summed E-state index contributed by atoms with van der Waals surface area (Å²) >= 11 is 0. The lowest BCUT2D eigenvalue weighted by Crippen LogP contribution is -2.17. The highest BCUT2D eigenvalue weighted by Crippen LogP contribution is 2.60. The average molecular weight is 953 g/mol. The molecule has 2 nitrogen and oxygen atoms in total. The highest BCUT2D eigenvalue weighted by molar-refractivity contribution is 6.19. The summed E-state index contributed by atoms with van der Waals surface area (Å²) in [4.78, 5) is 0. The second-order valence-corrected chi connectivity index (χ2v) is 23.2. The molecule has 0 saturated carbocycles. The van der Waals surface area contributed by atoms with Crippen molar-refractivity contribution in [3.63, 3.8) is 0 Å². The second-order valence-electron chi connectivity index (χ2n) is 23.2. The van der Waals surface area contributed by atoms with Crippen LogP contribution in [-0.4, -0.2) is 0 Å². The van der Waals surface area contributed by atoms with E-state index in [0.717, 1.165) is 34.3 Å². The fourth-order valence-corrected chi connectivity index (χ4v) is 14.1. The minimum atomic E-state index is -0.252. The zero-order valence-electron chi connectivity index (χ0n) is 43.1. The molecule has 3 aliphatic carbocycles. The van der Waals surface area contributed by atoms with Gasteiger partial charge in [-0.1, -0.05) is 205 Å². The number of aryl methyl sites for hydroxylation is 1. The van der Waals surface area contributed by atoms with Gasteiger partial charge in [0.25, 0.3) is 0 Å². The predicted molar refractivity (Wildman–Crippen MR) is 308 cm³/mol. The summed E-state index contributed by atoms with van der Waals surface area (Å²) in [6.07, 6.45) is 0.849. The molecule has 2 aromatic heterocycles. The fourth-order valence-electron chi connectivity index (χ4n) is 14.1. The highest BCUT2D eigenvalue weighted by atomic mass is 16.3. The number of benzene rings is 10. The van der Waals surface area contributed by atoms with E-state index >= 15 is 0 Å². The number of hydrogen-bond acceptors (Lipinski definition) is 2. The Morgan fingerprint density at radius 1 is 0.378 bits per heavy atom. The summed E-state index contributed by atoms with van der Waals surface area (Å²) in [7, 11) is 0. The molecule has 3 aliphatic rings. The molecule has 10 aromatic carbocycles. The normalized spacial score (nSPS) is 15.6. The molecule has 356 valence electrons. The van der Waals surface area contributed by atoms with Crippen LogP contribution in [0.4, 0.5) is 0 Å². The van der Waals surface area contributed by atoms with E-state index in [-0.39, 0.29) is 22.2 Å². The van der Waals surface area contributed by atoms with Crippen molar-refractivity contribution in [2.24, 2.45) is 0 Å². The monoisotopic (exact) mass is 952 g/mol. The molecule has 1 unspecified atom stereocenters. The van der Waals surface area contributed by atoms with Crippen LogP contribution in [0.1, 0.15) is 103 Å². The molecule has 0 fully saturated rings. The standard InChI is InChI=1S/C72H56O2/c1-41-18-17-21-44(34-41)53-38-61-65(68-51-25-14-16-27-63(51)74-69(53)68)49-30-28-42(36-57(49)72(61,6)7)35-52(47-23-12-11-22-46(47)43-19-9-8-10-20-43)45-29-31-48-54-39-60-55(40-59(54)71(4,5)58(48)37-45)66-56(70(60,2)3)32-33-64-67(66)50-24-13-15-26-62(50)73-64/h8-34,36-40,52H,35H2,1-7H3. The lowest BCUT2D eigenvalue weighted by molar-refractivity contribution is 0.649. The van der Waals surface area contributed by atoms with E-state index in [9.17, 15) is 0 Å². The summed E-state index contributed by atoms with van der Waals surface area (Å²) < 4.78 is 13.3. The molecule has 0 amide bonds. The van der Waals surface area contributed by atoms with E-state index in [1.165, 1.54) is 127 Å².